The van der Waals surface area contributed by atoms with Gasteiger partial charge in [0.05, 0.1) is 26.4 Å². The lowest BCUT2D eigenvalue weighted by molar-refractivity contribution is -0.161. The Hall–Kier alpha value is -1.94. The number of hydrogen-bond donors (Lipinski definition) is 3. The zero-order chi connectivity index (χ0) is 67.0. The van der Waals surface area contributed by atoms with Crippen LogP contribution in [0.5, 0.6) is 0 Å². The van der Waals surface area contributed by atoms with Gasteiger partial charge in [-0.25, -0.2) is 9.13 Å². The molecule has 0 saturated heterocycles. The quantitative estimate of drug-likeness (QED) is 0.0222. The minimum Gasteiger partial charge on any atom is -0.462 e. The van der Waals surface area contributed by atoms with Gasteiger partial charge < -0.3 is 33.8 Å². The van der Waals surface area contributed by atoms with Crippen molar-refractivity contribution in [2.45, 2.75) is 393 Å². The number of ether oxygens (including phenoxy) is 4. The van der Waals surface area contributed by atoms with E-state index >= 15 is 0 Å². The number of carbonyl (C=O) groups excluding carboxylic acids is 4. The molecule has 0 rings (SSSR count). The summed E-state index contributed by atoms with van der Waals surface area (Å²) in [7, 11) is -9.90. The first-order valence-electron chi connectivity index (χ1n) is 37.7. The molecular formula is C72H140O17P2. The van der Waals surface area contributed by atoms with E-state index in [0.717, 1.165) is 109 Å². The lowest BCUT2D eigenvalue weighted by Gasteiger charge is -2.21. The molecule has 3 unspecified atom stereocenters. The molecule has 0 heterocycles. The Labute approximate surface area is 556 Å². The molecule has 0 aliphatic carbocycles. The van der Waals surface area contributed by atoms with E-state index in [4.69, 9.17) is 37.0 Å². The minimum atomic E-state index is -4.95. The third-order valence-electron chi connectivity index (χ3n) is 17.1. The van der Waals surface area contributed by atoms with Gasteiger partial charge in [0.15, 0.2) is 12.2 Å². The molecule has 540 valence electrons. The maximum absolute atomic E-state index is 13.0. The highest BCUT2D eigenvalue weighted by Crippen LogP contribution is 2.45. The molecule has 17 nitrogen and oxygen atoms in total. The molecule has 0 aromatic carbocycles. The summed E-state index contributed by atoms with van der Waals surface area (Å²) in [4.78, 5) is 72.5. The van der Waals surface area contributed by atoms with E-state index < -0.39 is 97.5 Å². The van der Waals surface area contributed by atoms with Crippen LogP contribution in [0.4, 0.5) is 0 Å². The van der Waals surface area contributed by atoms with Crippen molar-refractivity contribution in [1.29, 1.82) is 0 Å². The highest BCUT2D eigenvalue weighted by molar-refractivity contribution is 7.47. The molecule has 0 fully saturated rings. The van der Waals surface area contributed by atoms with Crippen LogP contribution in [0.1, 0.15) is 375 Å². The second-order valence-corrected chi connectivity index (χ2v) is 29.1. The molecule has 0 amide bonds. The third-order valence-corrected chi connectivity index (χ3v) is 19.0. The first kappa shape index (κ1) is 89.1. The highest BCUT2D eigenvalue weighted by atomic mass is 31.2. The number of phosphoric ester groups is 2. The molecule has 0 aromatic rings. The number of aliphatic hydroxyl groups is 1. The van der Waals surface area contributed by atoms with E-state index in [1.165, 1.54) is 186 Å². The molecule has 0 aliphatic heterocycles. The van der Waals surface area contributed by atoms with Gasteiger partial charge in [0.2, 0.25) is 0 Å². The van der Waals surface area contributed by atoms with Gasteiger partial charge in [-0.1, -0.05) is 324 Å². The minimum absolute atomic E-state index is 0.107. The van der Waals surface area contributed by atoms with E-state index in [1.807, 2.05) is 0 Å². The van der Waals surface area contributed by atoms with E-state index in [9.17, 15) is 43.2 Å². The topological polar surface area (TPSA) is 237 Å². The molecule has 6 atom stereocenters. The van der Waals surface area contributed by atoms with Gasteiger partial charge in [-0.05, 0) is 31.6 Å². The zero-order valence-corrected chi connectivity index (χ0v) is 60.8. The van der Waals surface area contributed by atoms with Crippen LogP contribution in [0.3, 0.4) is 0 Å². The van der Waals surface area contributed by atoms with Crippen LogP contribution in [0.15, 0.2) is 0 Å². The van der Waals surface area contributed by atoms with Gasteiger partial charge in [-0.3, -0.25) is 37.3 Å². The summed E-state index contributed by atoms with van der Waals surface area (Å²) in [5.74, 6) is -1.31. The standard InChI is InChI=1S/C72H140O17P2/c1-6-10-13-16-19-21-23-25-26-27-28-29-30-32-38-43-48-53-58-72(77)89-68(62-83-70(75)56-51-46-41-36-34-33-35-40-44-49-54-65(5)9-4)64-87-91(80,81)85-60-66(73)59-84-90(78,79)86-63-67(61-82-69(74)55-50-45-39-18-15-12-8-3)88-71(76)57-52-47-42-37-31-24-22-20-17-14-11-7-2/h65-68,73H,6-64H2,1-5H3,(H,78,79)(H,80,81)/t65?,66-,67+,68+/m0/s1. The van der Waals surface area contributed by atoms with Crippen LogP contribution in [0.2, 0.25) is 0 Å². The van der Waals surface area contributed by atoms with Crippen molar-refractivity contribution >= 4 is 39.5 Å². The van der Waals surface area contributed by atoms with Gasteiger partial charge in [0.1, 0.15) is 19.3 Å². The van der Waals surface area contributed by atoms with E-state index in [0.29, 0.717) is 25.7 Å². The summed E-state index contributed by atoms with van der Waals surface area (Å²) in [6.45, 7) is 7.25. The van der Waals surface area contributed by atoms with Crippen LogP contribution >= 0.6 is 15.6 Å². The van der Waals surface area contributed by atoms with Crippen LogP contribution < -0.4 is 0 Å². The zero-order valence-electron chi connectivity index (χ0n) is 59.0. The molecule has 0 radical (unpaired) electrons. The summed E-state index contributed by atoms with van der Waals surface area (Å²) in [5, 5.41) is 10.6. The first-order chi connectivity index (χ1) is 44.1. The van der Waals surface area contributed by atoms with E-state index in [-0.39, 0.29) is 25.7 Å². The molecule has 91 heavy (non-hydrogen) atoms. The molecule has 0 aliphatic rings. The average molecular weight is 1340 g/mol. The second-order valence-electron chi connectivity index (χ2n) is 26.2. The summed E-state index contributed by atoms with van der Waals surface area (Å²) in [6, 6.07) is 0. The van der Waals surface area contributed by atoms with Crippen molar-refractivity contribution in [3.05, 3.63) is 0 Å². The summed E-state index contributed by atoms with van der Waals surface area (Å²) in [5.41, 5.74) is 0. The van der Waals surface area contributed by atoms with Crippen molar-refractivity contribution < 1.29 is 80.2 Å². The molecule has 0 spiro atoms. The summed E-state index contributed by atoms with van der Waals surface area (Å²) >= 11 is 0. The van der Waals surface area contributed by atoms with Crippen molar-refractivity contribution in [2.24, 2.45) is 5.92 Å². The first-order valence-corrected chi connectivity index (χ1v) is 40.7. The van der Waals surface area contributed by atoms with Gasteiger partial charge in [-0.15, -0.1) is 0 Å². The Balaban J connectivity index is 5.20. The Morgan fingerprint density at radius 3 is 0.780 bits per heavy atom. The SMILES string of the molecule is CCCCCCCCCCCCCCCCCCCCC(=O)O[C@H](COC(=O)CCCCCCCCCCCCC(C)CC)COP(=O)(O)OC[C@@H](O)COP(=O)(O)OC[C@@H](COC(=O)CCCCCCCCC)OC(=O)CCCCCCCCCCCCCC. The molecule has 19 heteroatoms. The molecule has 0 saturated carbocycles. The van der Waals surface area contributed by atoms with E-state index in [1.54, 1.807) is 0 Å². The number of unbranched alkanes of at least 4 members (excludes halogenated alkanes) is 43. The fraction of sp³-hybridized carbons (Fsp3) is 0.944. The third kappa shape index (κ3) is 65.1. The van der Waals surface area contributed by atoms with E-state index in [2.05, 4.69) is 34.6 Å². The van der Waals surface area contributed by atoms with Crippen molar-refractivity contribution in [2.75, 3.05) is 39.6 Å². The monoisotopic (exact) mass is 1340 g/mol. The summed E-state index contributed by atoms with van der Waals surface area (Å²) < 4.78 is 68.3. The summed E-state index contributed by atoms with van der Waals surface area (Å²) in [6.07, 6.45) is 52.7. The number of phosphoric acid groups is 2. The fourth-order valence-electron chi connectivity index (χ4n) is 11.0. The highest BCUT2D eigenvalue weighted by Gasteiger charge is 2.30. The van der Waals surface area contributed by atoms with Gasteiger partial charge in [-0.2, -0.15) is 0 Å². The predicted molar refractivity (Wildman–Crippen MR) is 368 cm³/mol. The van der Waals surface area contributed by atoms with Gasteiger partial charge in [0.25, 0.3) is 0 Å². The van der Waals surface area contributed by atoms with Crippen LogP contribution in [-0.2, 0) is 65.4 Å². The Morgan fingerprint density at radius 2 is 0.527 bits per heavy atom. The smallest absolute Gasteiger partial charge is 0.462 e. The molecule has 0 bridgehead atoms. The fourth-order valence-corrected chi connectivity index (χ4v) is 12.5. The number of aliphatic hydroxyl groups excluding tert-OH is 1. The van der Waals surface area contributed by atoms with Gasteiger partial charge in [0, 0.05) is 25.7 Å². The van der Waals surface area contributed by atoms with Crippen LogP contribution in [0, 0.1) is 5.92 Å². The van der Waals surface area contributed by atoms with Gasteiger partial charge >= 0.3 is 39.5 Å². The number of rotatable bonds is 72. The Kier molecular flexibility index (Phi) is 64.0. The Bertz CT molecular complexity index is 1760. The molecule has 3 N–H and O–H groups in total. The number of carbonyl (C=O) groups is 4. The maximum atomic E-state index is 13.0. The molecule has 0 aromatic heterocycles. The number of esters is 4. The second kappa shape index (κ2) is 65.4. The predicted octanol–water partition coefficient (Wildman–Crippen LogP) is 20.9. The lowest BCUT2D eigenvalue weighted by Crippen LogP contribution is -2.30. The van der Waals surface area contributed by atoms with Crippen LogP contribution in [-0.4, -0.2) is 96.7 Å². The Morgan fingerprint density at radius 1 is 0.308 bits per heavy atom. The largest absolute Gasteiger partial charge is 0.472 e. The van der Waals surface area contributed by atoms with Crippen molar-refractivity contribution in [1.82, 2.24) is 0 Å². The van der Waals surface area contributed by atoms with Crippen molar-refractivity contribution in [3.63, 3.8) is 0 Å². The molecular weight excluding hydrogens is 1200 g/mol. The van der Waals surface area contributed by atoms with Crippen molar-refractivity contribution in [3.8, 4) is 0 Å². The maximum Gasteiger partial charge on any atom is 0.472 e. The van der Waals surface area contributed by atoms with Crippen LogP contribution in [0.25, 0.3) is 0 Å². The number of hydrogen-bond acceptors (Lipinski definition) is 15. The normalized spacial score (nSPS) is 14.3. The lowest BCUT2D eigenvalue weighted by atomic mass is 9.99. The average Bonchev–Trinajstić information content (AvgIpc) is 2.47.